The summed E-state index contributed by atoms with van der Waals surface area (Å²) in [5.41, 5.74) is 39.6. The average molecular weight is 799 g/mol. The average Bonchev–Trinajstić information content (AvgIpc) is 3.00. The van der Waals surface area contributed by atoms with Crippen LogP contribution in [0.1, 0.15) is 38.5 Å². The van der Waals surface area contributed by atoms with Crippen molar-refractivity contribution >= 4 is 81.2 Å². The third-order valence-corrected chi connectivity index (χ3v) is 7.14. The molecule has 0 unspecified atom stereocenters. The maximum Gasteiger partial charge on any atom is 0.321 e. The first-order valence-corrected chi connectivity index (χ1v) is 16.2. The number of hydrogen-bond acceptors (Lipinski definition) is 18. The van der Waals surface area contributed by atoms with Gasteiger partial charge in [-0.2, -0.15) is 0 Å². The van der Waals surface area contributed by atoms with Gasteiger partial charge in [-0.25, -0.2) is 0 Å². The number of primary amides is 2. The number of rotatable bonds is 21. The van der Waals surface area contributed by atoms with Gasteiger partial charge in [0.2, 0.25) is 11.8 Å². The first-order chi connectivity index (χ1) is 23.6. The zero-order chi connectivity index (χ0) is 42.3. The summed E-state index contributed by atoms with van der Waals surface area (Å²) in [7, 11) is 2.41. The highest BCUT2D eigenvalue weighted by Crippen LogP contribution is 2.22. The molecule has 6 atom stereocenters. The molecule has 0 radical (unpaired) electrons. The number of aliphatic carboxylic acids is 8. The van der Waals surface area contributed by atoms with Gasteiger partial charge >= 0.3 is 47.8 Å². The molecule has 302 valence electrons. The summed E-state index contributed by atoms with van der Waals surface area (Å²) < 4.78 is 0. The van der Waals surface area contributed by atoms with Crippen LogP contribution < -0.4 is 45.9 Å². The molecule has 26 nitrogen and oxygen atoms in total. The van der Waals surface area contributed by atoms with Gasteiger partial charge in [-0.1, -0.05) is 21.6 Å². The van der Waals surface area contributed by atoms with Crippen molar-refractivity contribution in [3.63, 3.8) is 0 Å². The minimum absolute atomic E-state index is 0.0213. The Balaban J connectivity index is -0.000000179. The number of carbonyl (C=O) groups is 10. The van der Waals surface area contributed by atoms with E-state index in [1.807, 2.05) is 0 Å². The van der Waals surface area contributed by atoms with E-state index in [1.54, 1.807) is 0 Å². The van der Waals surface area contributed by atoms with Crippen LogP contribution in [-0.2, 0) is 47.9 Å². The monoisotopic (exact) mass is 798 g/mol. The molecule has 52 heavy (non-hydrogen) atoms. The predicted octanol–water partition coefficient (Wildman–Crippen LogP) is -5.73. The second-order valence-electron chi connectivity index (χ2n) is 9.44. The van der Waals surface area contributed by atoms with Gasteiger partial charge in [-0.15, -0.1) is 0 Å². The quantitative estimate of drug-likeness (QED) is 0.0380. The van der Waals surface area contributed by atoms with Crippen molar-refractivity contribution in [2.24, 2.45) is 45.9 Å². The summed E-state index contributed by atoms with van der Waals surface area (Å²) in [4.78, 5) is 100. The van der Waals surface area contributed by atoms with Crippen molar-refractivity contribution in [2.45, 2.75) is 74.8 Å². The molecular formula is C24H46N8O18S2. The number of hydrogen-bond donors (Lipinski definition) is 16. The first kappa shape index (κ1) is 56.5. The molecule has 0 aromatic heterocycles. The highest BCUT2D eigenvalue weighted by Gasteiger charge is 2.16. The van der Waals surface area contributed by atoms with E-state index in [0.29, 0.717) is 0 Å². The molecule has 24 N–H and O–H groups in total. The molecular weight excluding hydrogens is 752 g/mol. The molecule has 0 aliphatic carbocycles. The Hall–Kier alpha value is -4.84. The smallest absolute Gasteiger partial charge is 0.321 e. The maximum atomic E-state index is 10.3. The largest absolute Gasteiger partial charge is 0.481 e. The van der Waals surface area contributed by atoms with Crippen molar-refractivity contribution in [3.05, 3.63) is 0 Å². The van der Waals surface area contributed by atoms with Gasteiger partial charge in [-0.05, 0) is 12.8 Å². The fraction of sp³-hybridized carbons (Fsp3) is 0.583. The van der Waals surface area contributed by atoms with Gasteiger partial charge in [0.15, 0.2) is 0 Å². The van der Waals surface area contributed by atoms with Gasteiger partial charge in [0.1, 0.15) is 36.3 Å². The van der Waals surface area contributed by atoms with Crippen molar-refractivity contribution in [1.29, 1.82) is 0 Å². The van der Waals surface area contributed by atoms with E-state index in [-0.39, 0.29) is 43.6 Å². The molecule has 0 fully saturated rings. The highest BCUT2D eigenvalue weighted by molar-refractivity contribution is 8.76. The SMILES string of the molecule is NC(=O)CC[C@H](N)C(=O)O.NC(=O)C[C@H](N)C(=O)O.N[C@@H](CC(=O)O)C(=O)O.N[C@@H](CCC(=O)O)C(=O)O.N[C@@H](CSSC[C@H](N)C(=O)O)C(=O)O. The number of carbonyl (C=O) groups excluding carboxylic acids is 2. The standard InChI is InChI=1S/C6H12N2O4S2.C5H10N2O3.C5H9NO4.C4H8N2O3.C4H7NO4/c7-3(5(9)10)1-13-14-2-4(8)6(11)12;2*6-3(5(9)10)1-2-4(7)8;2*5-2(4(8)9)1-3(6)7/h3-4H,1-2,7-8H2,(H,9,10)(H,11,12);3H,1-2,6H2,(H2,7,8)(H,9,10);3H,1-2,6H2,(H,7,8)(H,9,10);2H,1,5H2,(H2,6,7)(H,8,9);2H,1,5H2,(H,6,7)(H,8,9)/t3-,4-;2*3-;2*2-/m00000/s1. The molecule has 0 aromatic rings. The van der Waals surface area contributed by atoms with E-state index < -0.39 is 102 Å². The highest BCUT2D eigenvalue weighted by atomic mass is 33.1. The van der Waals surface area contributed by atoms with Crippen molar-refractivity contribution in [3.8, 4) is 0 Å². The Kier molecular flexibility index (Phi) is 36.2. The van der Waals surface area contributed by atoms with Crippen LogP contribution in [-0.4, -0.2) is 148 Å². The Morgan fingerprint density at radius 1 is 0.385 bits per heavy atom. The zero-order valence-electron chi connectivity index (χ0n) is 27.2. The van der Waals surface area contributed by atoms with Gasteiger partial charge in [0, 0.05) is 24.3 Å². The lowest BCUT2D eigenvalue weighted by molar-refractivity contribution is -0.144. The Morgan fingerprint density at radius 2 is 0.673 bits per heavy atom. The number of nitrogens with two attached hydrogens (primary N) is 8. The van der Waals surface area contributed by atoms with Crippen LogP contribution in [0, 0.1) is 0 Å². The van der Waals surface area contributed by atoms with E-state index in [2.05, 4.69) is 5.73 Å². The topological polar surface area (TPSA) is 541 Å². The van der Waals surface area contributed by atoms with Crippen LogP contribution in [0.15, 0.2) is 0 Å². The molecule has 0 aliphatic rings. The van der Waals surface area contributed by atoms with Crippen molar-refractivity contribution < 1.29 is 88.8 Å². The third-order valence-electron chi connectivity index (χ3n) is 4.67. The molecule has 0 aliphatic heterocycles. The zero-order valence-corrected chi connectivity index (χ0v) is 28.8. The summed E-state index contributed by atoms with van der Waals surface area (Å²) in [6.45, 7) is 0. The van der Waals surface area contributed by atoms with E-state index in [9.17, 15) is 47.9 Å². The fourth-order valence-corrected chi connectivity index (χ4v) is 4.02. The maximum absolute atomic E-state index is 10.3. The van der Waals surface area contributed by atoms with Gasteiger partial charge in [-0.3, -0.25) is 47.9 Å². The van der Waals surface area contributed by atoms with E-state index in [1.165, 1.54) is 21.6 Å². The number of carboxylic acids is 8. The fourth-order valence-electron chi connectivity index (χ4n) is 1.79. The molecule has 0 spiro atoms. The number of carboxylic acid groups (broad SMARTS) is 8. The second-order valence-corrected chi connectivity index (χ2v) is 12.0. The summed E-state index contributed by atoms with van der Waals surface area (Å²) >= 11 is 0. The summed E-state index contributed by atoms with van der Waals surface area (Å²) in [5.74, 6) is -9.93. The molecule has 0 bridgehead atoms. The summed E-state index contributed by atoms with van der Waals surface area (Å²) in [5, 5.41) is 65.4. The minimum Gasteiger partial charge on any atom is -0.481 e. The van der Waals surface area contributed by atoms with Crippen LogP contribution in [0.4, 0.5) is 0 Å². The Labute approximate surface area is 301 Å². The van der Waals surface area contributed by atoms with Crippen LogP contribution in [0.5, 0.6) is 0 Å². The lowest BCUT2D eigenvalue weighted by Gasteiger charge is -2.07. The van der Waals surface area contributed by atoms with Crippen molar-refractivity contribution in [2.75, 3.05) is 11.5 Å². The van der Waals surface area contributed by atoms with Crippen LogP contribution in [0.2, 0.25) is 0 Å². The first-order valence-electron chi connectivity index (χ1n) is 13.7. The summed E-state index contributed by atoms with van der Waals surface area (Å²) in [6, 6.07) is -6.34. The molecule has 0 aromatic carbocycles. The van der Waals surface area contributed by atoms with E-state index in [4.69, 9.17) is 81.0 Å². The molecule has 0 saturated carbocycles. The molecule has 0 rings (SSSR count). The van der Waals surface area contributed by atoms with Crippen LogP contribution in [0.25, 0.3) is 0 Å². The van der Waals surface area contributed by atoms with Crippen molar-refractivity contribution in [1.82, 2.24) is 0 Å². The Bertz CT molecular complexity index is 1090. The van der Waals surface area contributed by atoms with Gasteiger partial charge < -0.3 is 86.7 Å². The minimum atomic E-state index is -1.29. The van der Waals surface area contributed by atoms with E-state index >= 15 is 0 Å². The second kappa shape index (κ2) is 33.3. The molecule has 0 heterocycles. The normalized spacial score (nSPS) is 13.1. The van der Waals surface area contributed by atoms with E-state index in [0.717, 1.165) is 0 Å². The lowest BCUT2D eigenvalue weighted by atomic mass is 10.2. The van der Waals surface area contributed by atoms with Gasteiger partial charge in [0.25, 0.3) is 0 Å². The third kappa shape index (κ3) is 45.2. The van der Waals surface area contributed by atoms with Gasteiger partial charge in [0.05, 0.1) is 12.8 Å². The predicted molar refractivity (Wildman–Crippen MR) is 180 cm³/mol. The molecule has 0 saturated heterocycles. The Morgan fingerprint density at radius 3 is 0.865 bits per heavy atom. The lowest BCUT2D eigenvalue weighted by Crippen LogP contribution is -2.34. The summed E-state index contributed by atoms with van der Waals surface area (Å²) in [6.07, 6.45) is -0.944. The molecule has 28 heteroatoms. The van der Waals surface area contributed by atoms with Crippen LogP contribution >= 0.6 is 21.6 Å². The van der Waals surface area contributed by atoms with Crippen LogP contribution in [0.3, 0.4) is 0 Å². The molecule has 2 amide bonds. The number of amides is 2.